The summed E-state index contributed by atoms with van der Waals surface area (Å²) in [5.74, 6) is -0.158. The van der Waals surface area contributed by atoms with Crippen molar-refractivity contribution in [1.82, 2.24) is 9.80 Å². The molecule has 0 aliphatic carbocycles. The summed E-state index contributed by atoms with van der Waals surface area (Å²) >= 11 is 0. The third-order valence-corrected chi connectivity index (χ3v) is 5.75. The van der Waals surface area contributed by atoms with Crippen LogP contribution in [-0.2, 0) is 19.5 Å². The molecule has 0 fully saturated rings. The maximum absolute atomic E-state index is 13.1. The van der Waals surface area contributed by atoms with Gasteiger partial charge in [0.1, 0.15) is 5.82 Å². The molecule has 0 aromatic heterocycles. The van der Waals surface area contributed by atoms with Gasteiger partial charge in [-0.1, -0.05) is 93.6 Å². The van der Waals surface area contributed by atoms with Crippen molar-refractivity contribution in [1.29, 1.82) is 0 Å². The summed E-state index contributed by atoms with van der Waals surface area (Å²) < 4.78 is 13.1. The van der Waals surface area contributed by atoms with Crippen LogP contribution in [0.4, 0.5) is 4.39 Å². The highest BCUT2D eigenvalue weighted by Crippen LogP contribution is 2.11. The minimum absolute atomic E-state index is 0.158. The van der Waals surface area contributed by atoms with Crippen molar-refractivity contribution in [2.75, 3.05) is 26.2 Å². The number of hydrogen-bond acceptors (Lipinski definition) is 2. The van der Waals surface area contributed by atoms with Crippen LogP contribution in [0.15, 0.2) is 84.9 Å². The van der Waals surface area contributed by atoms with Crippen LogP contribution in [0.25, 0.3) is 0 Å². The van der Waals surface area contributed by atoms with E-state index in [1.165, 1.54) is 16.7 Å². The minimum Gasteiger partial charge on any atom is -0.304 e. The van der Waals surface area contributed by atoms with E-state index in [1.54, 1.807) is 12.1 Å². The maximum Gasteiger partial charge on any atom is 0.123 e. The lowest BCUT2D eigenvalue weighted by Crippen LogP contribution is -2.30. The number of benzene rings is 3. The minimum atomic E-state index is -0.158. The van der Waals surface area contributed by atoms with Gasteiger partial charge in [0.05, 0.1) is 0 Å². The number of rotatable bonds is 13. The molecule has 3 aromatic carbocycles. The van der Waals surface area contributed by atoms with Gasteiger partial charge in [-0.05, 0) is 67.7 Å². The summed E-state index contributed by atoms with van der Waals surface area (Å²) in [6, 6.07) is 28.4. The molecule has 0 amide bonds. The highest BCUT2D eigenvalue weighted by atomic mass is 19.1. The fourth-order valence-corrected chi connectivity index (χ4v) is 4.00. The molecule has 3 heteroatoms. The second-order valence-corrected chi connectivity index (χ2v) is 8.20. The topological polar surface area (TPSA) is 6.48 Å². The number of hydrogen-bond donors (Lipinski definition) is 0. The molecule has 2 nitrogen and oxygen atoms in total. The van der Waals surface area contributed by atoms with Crippen LogP contribution in [0.3, 0.4) is 0 Å². The molecule has 0 atom stereocenters. The Balaban J connectivity index is 0.00000201. The molecule has 0 bridgehead atoms. The Labute approximate surface area is 226 Å². The van der Waals surface area contributed by atoms with Crippen LogP contribution >= 0.6 is 0 Å². The quantitative estimate of drug-likeness (QED) is 0.222. The Morgan fingerprint density at radius 3 is 1.46 bits per heavy atom. The van der Waals surface area contributed by atoms with Crippen LogP contribution in [0, 0.1) is 31.5 Å². The van der Waals surface area contributed by atoms with E-state index in [4.69, 9.17) is 0 Å². The van der Waals surface area contributed by atoms with Crippen molar-refractivity contribution >= 4 is 0 Å². The zero-order chi connectivity index (χ0) is 27.7. The molecule has 0 radical (unpaired) electrons. The Hall–Kier alpha value is -3.37. The molecular weight excluding hydrogens is 455 g/mol. The smallest absolute Gasteiger partial charge is 0.123 e. The summed E-state index contributed by atoms with van der Waals surface area (Å²) in [5, 5.41) is 0. The first kappa shape index (κ1) is 33.6. The maximum atomic E-state index is 13.1. The molecule has 3 aromatic rings. The normalized spacial score (nSPS) is 9.78. The first-order valence-corrected chi connectivity index (χ1v) is 13.2. The van der Waals surface area contributed by atoms with Crippen molar-refractivity contribution in [3.05, 3.63) is 107 Å². The van der Waals surface area contributed by atoms with Gasteiger partial charge in [0.2, 0.25) is 0 Å². The molecule has 0 spiro atoms. The summed E-state index contributed by atoms with van der Waals surface area (Å²) in [5.41, 5.74) is 3.95. The van der Waals surface area contributed by atoms with E-state index >= 15 is 0 Å². The predicted molar refractivity (Wildman–Crippen MR) is 160 cm³/mol. The van der Waals surface area contributed by atoms with E-state index < -0.39 is 0 Å². The Bertz CT molecular complexity index is 886. The second-order valence-electron chi connectivity index (χ2n) is 8.20. The number of nitrogens with zero attached hydrogens (tertiary/aromatic N) is 2. The van der Waals surface area contributed by atoms with Crippen molar-refractivity contribution in [2.45, 2.75) is 53.1 Å². The van der Waals surface area contributed by atoms with E-state index in [-0.39, 0.29) is 5.82 Å². The summed E-state index contributed by atoms with van der Waals surface area (Å²) in [6.07, 6.45) is 19.3. The van der Waals surface area contributed by atoms with Gasteiger partial charge >= 0.3 is 0 Å². The van der Waals surface area contributed by atoms with Gasteiger partial charge in [0, 0.05) is 19.6 Å². The van der Waals surface area contributed by atoms with E-state index in [0.717, 1.165) is 58.5 Å². The van der Waals surface area contributed by atoms with Gasteiger partial charge < -0.3 is 4.90 Å². The molecule has 0 N–H and O–H groups in total. The van der Waals surface area contributed by atoms with Gasteiger partial charge in [0.15, 0.2) is 0 Å². The van der Waals surface area contributed by atoms with Gasteiger partial charge in [-0.3, -0.25) is 4.90 Å². The first-order chi connectivity index (χ1) is 18.2. The van der Waals surface area contributed by atoms with E-state index in [0.29, 0.717) is 0 Å². The lowest BCUT2D eigenvalue weighted by molar-refractivity contribution is 0.219. The summed E-state index contributed by atoms with van der Waals surface area (Å²) in [7, 11) is 0. The molecule has 37 heavy (non-hydrogen) atoms. The largest absolute Gasteiger partial charge is 0.304 e. The first-order valence-electron chi connectivity index (χ1n) is 13.2. The molecule has 198 valence electrons. The third-order valence-electron chi connectivity index (χ3n) is 5.75. The number of terminal acetylenes is 2. The molecule has 0 unspecified atom stereocenters. The molecule has 0 saturated carbocycles. The van der Waals surface area contributed by atoms with Gasteiger partial charge in [-0.25, -0.2) is 4.39 Å². The Kier molecular flexibility index (Phi) is 21.0. The zero-order valence-electron chi connectivity index (χ0n) is 23.0. The van der Waals surface area contributed by atoms with Crippen LogP contribution in [0.2, 0.25) is 0 Å². The fraction of sp³-hybridized carbons (Fsp3) is 0.353. The molecule has 0 saturated heterocycles. The van der Waals surface area contributed by atoms with Gasteiger partial charge in [-0.2, -0.15) is 0 Å². The fourth-order valence-electron chi connectivity index (χ4n) is 4.00. The Morgan fingerprint density at radius 1 is 0.568 bits per heavy atom. The van der Waals surface area contributed by atoms with Crippen LogP contribution < -0.4 is 0 Å². The third kappa shape index (κ3) is 15.4. The van der Waals surface area contributed by atoms with E-state index in [1.807, 2.05) is 26.0 Å². The van der Waals surface area contributed by atoms with E-state index in [2.05, 4.69) is 103 Å². The van der Waals surface area contributed by atoms with Crippen LogP contribution in [0.5, 0.6) is 0 Å². The Morgan fingerprint density at radius 2 is 1.00 bits per heavy atom. The number of aryl methyl sites for hydroxylation is 1. The van der Waals surface area contributed by atoms with Crippen molar-refractivity contribution in [3.63, 3.8) is 0 Å². The van der Waals surface area contributed by atoms with Crippen LogP contribution in [0.1, 0.15) is 50.3 Å². The monoisotopic (exact) mass is 500 g/mol. The summed E-state index contributed by atoms with van der Waals surface area (Å²) in [6.45, 7) is 12.5. The van der Waals surface area contributed by atoms with Crippen LogP contribution in [-0.4, -0.2) is 36.0 Å². The molecule has 3 rings (SSSR count). The zero-order valence-corrected chi connectivity index (χ0v) is 23.0. The molecule has 0 aliphatic heterocycles. The highest BCUT2D eigenvalue weighted by Gasteiger charge is 2.09. The van der Waals surface area contributed by atoms with Gasteiger partial charge in [0.25, 0.3) is 0 Å². The second kappa shape index (κ2) is 23.1. The van der Waals surface area contributed by atoms with Crippen molar-refractivity contribution in [2.24, 2.45) is 0 Å². The van der Waals surface area contributed by atoms with Gasteiger partial charge in [-0.15, -0.1) is 25.7 Å². The van der Waals surface area contributed by atoms with Crippen molar-refractivity contribution in [3.8, 4) is 25.7 Å². The standard InChI is InChI=1S/C28H35FN2.C2H6.2C2H2/c1-2-30(20-9-15-25-16-18-28(29)19-17-25)21-10-22-31(23-26-11-5-3-6-12-26)24-27-13-7-4-8-14-27;3*1-2/h3-8,11-14,16-19H,2,9-10,15,20-24H2,1H3;1-2H3;2*1-2H. The van der Waals surface area contributed by atoms with Crippen molar-refractivity contribution < 1.29 is 4.39 Å². The molecule has 0 aliphatic rings. The predicted octanol–water partition coefficient (Wildman–Crippen LogP) is 7.70. The highest BCUT2D eigenvalue weighted by molar-refractivity contribution is 5.17. The number of halogens is 1. The average molecular weight is 501 g/mol. The average Bonchev–Trinajstić information content (AvgIpc) is 2.97. The summed E-state index contributed by atoms with van der Waals surface area (Å²) in [4.78, 5) is 5.09. The molecular formula is C34H45FN2. The lowest BCUT2D eigenvalue weighted by atomic mass is 10.1. The SMILES string of the molecule is C#C.C#C.CC.CCN(CCCc1ccc(F)cc1)CCCN(Cc1ccccc1)Cc1ccccc1. The lowest BCUT2D eigenvalue weighted by Gasteiger charge is -2.25. The molecule has 0 heterocycles. The van der Waals surface area contributed by atoms with E-state index in [9.17, 15) is 4.39 Å².